The Morgan fingerprint density at radius 3 is 2.00 bits per heavy atom. The quantitative estimate of drug-likeness (QED) is 0.0609. The normalized spacial score (nSPS) is 18.3. The monoisotopic (exact) mass is 660 g/mol. The number of carbonyl (C=O) groups excluding carboxylic acids is 3. The number of hydrogen-bond acceptors (Lipinski definition) is 10. The molecular formula is C36H64N6O5. The molecule has 268 valence electrons. The molecule has 0 fully saturated rings. The van der Waals surface area contributed by atoms with Crippen molar-refractivity contribution in [2.24, 2.45) is 26.6 Å². The van der Waals surface area contributed by atoms with Crippen LogP contribution in [-0.4, -0.2) is 67.3 Å². The first-order chi connectivity index (χ1) is 22.8. The highest BCUT2D eigenvalue weighted by Gasteiger charge is 2.41. The number of unbranched alkanes of at least 4 members (excludes halogenated alkanes) is 17. The molecule has 0 bridgehead atoms. The highest BCUT2D eigenvalue weighted by molar-refractivity contribution is 6.69. The lowest BCUT2D eigenvalue weighted by Crippen LogP contribution is -2.65. The van der Waals surface area contributed by atoms with Gasteiger partial charge in [0.05, 0.1) is 6.61 Å². The Morgan fingerprint density at radius 1 is 0.851 bits per heavy atom. The van der Waals surface area contributed by atoms with Crippen LogP contribution in [0.1, 0.15) is 156 Å². The van der Waals surface area contributed by atoms with E-state index >= 15 is 0 Å². The molecule has 11 nitrogen and oxygen atoms in total. The summed E-state index contributed by atoms with van der Waals surface area (Å²) in [5.74, 6) is -2.23. The molecule has 4 N–H and O–H groups in total. The Labute approximate surface area is 283 Å². The molecule has 0 aromatic carbocycles. The van der Waals surface area contributed by atoms with E-state index in [1.807, 2.05) is 13.8 Å². The summed E-state index contributed by atoms with van der Waals surface area (Å²) in [6.07, 6.45) is 25.5. The molecular weight excluding hydrogens is 596 g/mol. The fourth-order valence-electron chi connectivity index (χ4n) is 5.69. The van der Waals surface area contributed by atoms with Crippen LogP contribution >= 0.6 is 0 Å². The van der Waals surface area contributed by atoms with Crippen molar-refractivity contribution >= 4 is 35.7 Å². The first-order valence-electron chi connectivity index (χ1n) is 18.7. The molecule has 3 atom stereocenters. The summed E-state index contributed by atoms with van der Waals surface area (Å²) in [5, 5.41) is 6.00. The lowest BCUT2D eigenvalue weighted by atomic mass is 10.0. The van der Waals surface area contributed by atoms with E-state index in [-0.39, 0.29) is 36.6 Å². The van der Waals surface area contributed by atoms with Crippen LogP contribution in [0.2, 0.25) is 0 Å². The molecule has 2 aliphatic heterocycles. The average Bonchev–Trinajstić information content (AvgIpc) is 3.55. The number of nitrogens with two attached hydrogens (primary N) is 1. The van der Waals surface area contributed by atoms with E-state index in [0.29, 0.717) is 25.8 Å². The maximum absolute atomic E-state index is 12.7. The van der Waals surface area contributed by atoms with Crippen molar-refractivity contribution < 1.29 is 23.9 Å². The van der Waals surface area contributed by atoms with Crippen LogP contribution in [0.25, 0.3) is 0 Å². The molecule has 0 saturated heterocycles. The van der Waals surface area contributed by atoms with Crippen molar-refractivity contribution in [1.29, 1.82) is 0 Å². The summed E-state index contributed by atoms with van der Waals surface area (Å²) in [4.78, 5) is 50.0. The van der Waals surface area contributed by atoms with Gasteiger partial charge in [-0.2, -0.15) is 0 Å². The van der Waals surface area contributed by atoms with Gasteiger partial charge in [-0.05, 0) is 31.7 Å². The van der Waals surface area contributed by atoms with Crippen LogP contribution in [0.5, 0.6) is 0 Å². The first kappa shape index (κ1) is 40.5. The third-order valence-electron chi connectivity index (χ3n) is 9.10. The molecule has 11 heteroatoms. The number of esters is 2. The van der Waals surface area contributed by atoms with Gasteiger partial charge in [0.1, 0.15) is 19.0 Å². The van der Waals surface area contributed by atoms with Crippen molar-refractivity contribution in [3.63, 3.8) is 0 Å². The number of nitrogens with zero attached hydrogens (tertiary/aromatic N) is 3. The minimum atomic E-state index is -1.34. The van der Waals surface area contributed by atoms with E-state index < -0.39 is 23.7 Å². The Kier molecular flexibility index (Phi) is 21.1. The molecule has 1 unspecified atom stereocenters. The third-order valence-corrected chi connectivity index (χ3v) is 9.10. The zero-order chi connectivity index (χ0) is 34.2. The molecule has 2 heterocycles. The van der Waals surface area contributed by atoms with Crippen LogP contribution in [0.3, 0.4) is 0 Å². The lowest BCUT2D eigenvalue weighted by Gasteiger charge is -2.34. The second kappa shape index (κ2) is 24.5. The molecule has 47 heavy (non-hydrogen) atoms. The SMILES string of the molecule is CCCCCCCCCCCCCCCCCCCC(=O)OCC1(NCCCCOC(=O)[C@@H](N)[C@@H](C)CC)N=C2N=CN=C2C(=O)N1. The summed E-state index contributed by atoms with van der Waals surface area (Å²) in [7, 11) is 0. The zero-order valence-electron chi connectivity index (χ0n) is 29.7. The predicted octanol–water partition coefficient (Wildman–Crippen LogP) is 6.52. The number of ether oxygens (including phenoxy) is 2. The van der Waals surface area contributed by atoms with E-state index in [4.69, 9.17) is 15.2 Å². The number of amidine groups is 1. The minimum absolute atomic E-state index is 0.0568. The van der Waals surface area contributed by atoms with Crippen LogP contribution in [0.4, 0.5) is 0 Å². The Morgan fingerprint density at radius 2 is 1.43 bits per heavy atom. The zero-order valence-corrected chi connectivity index (χ0v) is 29.7. The molecule has 0 spiro atoms. The molecule has 0 aromatic heterocycles. The van der Waals surface area contributed by atoms with Gasteiger partial charge in [0.25, 0.3) is 5.91 Å². The second-order valence-electron chi connectivity index (χ2n) is 13.3. The van der Waals surface area contributed by atoms with E-state index in [1.165, 1.54) is 96.2 Å². The van der Waals surface area contributed by atoms with Crippen LogP contribution in [-0.2, 0) is 23.9 Å². The van der Waals surface area contributed by atoms with E-state index in [1.54, 1.807) is 0 Å². The summed E-state index contributed by atoms with van der Waals surface area (Å²) in [5.41, 5.74) is 6.07. The summed E-state index contributed by atoms with van der Waals surface area (Å²) in [6, 6.07) is -0.628. The number of nitrogens with one attached hydrogen (secondary N) is 2. The van der Waals surface area contributed by atoms with Gasteiger partial charge in [0, 0.05) is 6.42 Å². The molecule has 0 radical (unpaired) electrons. The lowest BCUT2D eigenvalue weighted by molar-refractivity contribution is -0.147. The number of fused-ring (bicyclic) bond motifs is 1. The van der Waals surface area contributed by atoms with E-state index in [0.717, 1.165) is 25.7 Å². The van der Waals surface area contributed by atoms with Gasteiger partial charge in [-0.25, -0.2) is 15.0 Å². The Bertz CT molecular complexity index is 1020. The van der Waals surface area contributed by atoms with E-state index in [2.05, 4.69) is 32.5 Å². The Hall–Kier alpha value is -2.66. The van der Waals surface area contributed by atoms with Crippen LogP contribution in [0.15, 0.2) is 15.0 Å². The maximum atomic E-state index is 12.7. The number of hydrogen-bond donors (Lipinski definition) is 3. The Balaban J connectivity index is 1.58. The van der Waals surface area contributed by atoms with Gasteiger partial charge in [0.2, 0.25) is 5.79 Å². The van der Waals surface area contributed by atoms with Gasteiger partial charge in [0.15, 0.2) is 11.5 Å². The number of aliphatic imine (C=N–C) groups is 3. The molecule has 2 aliphatic rings. The second-order valence-corrected chi connectivity index (χ2v) is 13.3. The predicted molar refractivity (Wildman–Crippen MR) is 190 cm³/mol. The number of rotatable bonds is 29. The summed E-state index contributed by atoms with van der Waals surface area (Å²) >= 11 is 0. The molecule has 0 aliphatic carbocycles. The van der Waals surface area contributed by atoms with Gasteiger partial charge >= 0.3 is 11.9 Å². The standard InChI is InChI=1S/C36H64N6O5/c1-4-6-7-8-9-10-11-12-13-14-15-16-17-18-19-20-21-24-30(43)47-27-36(41-33-32(34(44)42-36)38-28-39-33)40-25-22-23-26-46-35(45)31(37)29(3)5-2/h28-29,31,40H,4-27,37H2,1-3H3,(H,42,44)/t29-,31-,36?/m0/s1. The van der Waals surface area contributed by atoms with Crippen molar-refractivity contribution in [2.45, 2.75) is 167 Å². The highest BCUT2D eigenvalue weighted by atomic mass is 16.5. The van der Waals surface area contributed by atoms with Gasteiger partial charge in [-0.15, -0.1) is 0 Å². The fraction of sp³-hybridized carbons (Fsp3) is 0.833. The van der Waals surface area contributed by atoms with Gasteiger partial charge in [-0.3, -0.25) is 19.7 Å². The molecule has 2 rings (SSSR count). The topological polar surface area (TPSA) is 157 Å². The smallest absolute Gasteiger partial charge is 0.323 e. The first-order valence-corrected chi connectivity index (χ1v) is 18.7. The van der Waals surface area contributed by atoms with Crippen molar-refractivity contribution in [3.8, 4) is 0 Å². The molecule has 1 amide bonds. The summed E-state index contributed by atoms with van der Waals surface area (Å²) in [6.45, 7) is 6.69. The van der Waals surface area contributed by atoms with Crippen LogP contribution in [0, 0.1) is 5.92 Å². The van der Waals surface area contributed by atoms with Crippen molar-refractivity contribution in [2.75, 3.05) is 19.8 Å². The maximum Gasteiger partial charge on any atom is 0.323 e. The van der Waals surface area contributed by atoms with Crippen molar-refractivity contribution in [1.82, 2.24) is 10.6 Å². The van der Waals surface area contributed by atoms with Gasteiger partial charge < -0.3 is 20.5 Å². The molecule has 0 saturated carbocycles. The third kappa shape index (κ3) is 16.8. The number of amides is 1. The molecule has 0 aromatic rings. The van der Waals surface area contributed by atoms with Crippen LogP contribution < -0.4 is 16.4 Å². The minimum Gasteiger partial charge on any atom is -0.465 e. The highest BCUT2D eigenvalue weighted by Crippen LogP contribution is 2.17. The van der Waals surface area contributed by atoms with E-state index in [9.17, 15) is 14.4 Å². The summed E-state index contributed by atoms with van der Waals surface area (Å²) < 4.78 is 10.9. The van der Waals surface area contributed by atoms with Gasteiger partial charge in [-0.1, -0.05) is 130 Å². The fourth-order valence-corrected chi connectivity index (χ4v) is 5.69. The average molecular weight is 661 g/mol. The van der Waals surface area contributed by atoms with Crippen molar-refractivity contribution in [3.05, 3.63) is 0 Å². The largest absolute Gasteiger partial charge is 0.465 e. The number of carbonyl (C=O) groups is 3.